The molecule has 0 fully saturated rings. The largest absolute Gasteiger partial charge is 0.356 e. The summed E-state index contributed by atoms with van der Waals surface area (Å²) in [7, 11) is 1.86. The first kappa shape index (κ1) is 11.1. The van der Waals surface area contributed by atoms with Gasteiger partial charge in [0.2, 0.25) is 5.91 Å². The number of hydrogen-bond donors (Lipinski definition) is 1. The fourth-order valence-electron chi connectivity index (χ4n) is 2.61. The van der Waals surface area contributed by atoms with Crippen LogP contribution in [0.2, 0.25) is 0 Å². The van der Waals surface area contributed by atoms with Crippen LogP contribution < -0.4 is 0 Å². The second-order valence-corrected chi connectivity index (χ2v) is 4.79. The SMILES string of the molecule is Cc1c(C2C=CCC(=O)N2C)[nH]c2ccccc12. The van der Waals surface area contributed by atoms with Crippen LogP contribution >= 0.6 is 0 Å². The summed E-state index contributed by atoms with van der Waals surface area (Å²) < 4.78 is 0. The van der Waals surface area contributed by atoms with Crippen molar-refractivity contribution in [3.8, 4) is 0 Å². The molecule has 1 aliphatic heterocycles. The van der Waals surface area contributed by atoms with E-state index >= 15 is 0 Å². The summed E-state index contributed by atoms with van der Waals surface area (Å²) in [5.74, 6) is 0.167. The monoisotopic (exact) mass is 240 g/mol. The van der Waals surface area contributed by atoms with E-state index in [4.69, 9.17) is 0 Å². The molecule has 0 saturated carbocycles. The molecule has 1 N–H and O–H groups in total. The van der Waals surface area contributed by atoms with Gasteiger partial charge in [-0.3, -0.25) is 4.79 Å². The number of H-pyrrole nitrogens is 1. The molecule has 1 amide bonds. The zero-order valence-electron chi connectivity index (χ0n) is 10.6. The molecule has 2 heterocycles. The topological polar surface area (TPSA) is 36.1 Å². The van der Waals surface area contributed by atoms with Crippen LogP contribution in [0.25, 0.3) is 10.9 Å². The number of aromatic amines is 1. The van der Waals surface area contributed by atoms with Crippen molar-refractivity contribution in [2.75, 3.05) is 7.05 Å². The van der Waals surface area contributed by atoms with E-state index < -0.39 is 0 Å². The lowest BCUT2D eigenvalue weighted by atomic mass is 10.0. The molecule has 0 aliphatic carbocycles. The number of amides is 1. The number of aryl methyl sites for hydroxylation is 1. The van der Waals surface area contributed by atoms with E-state index in [0.29, 0.717) is 6.42 Å². The zero-order valence-corrected chi connectivity index (χ0v) is 10.6. The lowest BCUT2D eigenvalue weighted by molar-refractivity contribution is -0.131. The van der Waals surface area contributed by atoms with Crippen molar-refractivity contribution in [2.24, 2.45) is 0 Å². The summed E-state index contributed by atoms with van der Waals surface area (Å²) in [5, 5.41) is 1.23. The van der Waals surface area contributed by atoms with Gasteiger partial charge in [-0.05, 0) is 18.6 Å². The Balaban J connectivity index is 2.14. The molecule has 0 saturated heterocycles. The van der Waals surface area contributed by atoms with E-state index in [1.54, 1.807) is 4.90 Å². The van der Waals surface area contributed by atoms with E-state index in [2.05, 4.69) is 30.1 Å². The van der Waals surface area contributed by atoms with Gasteiger partial charge in [-0.1, -0.05) is 30.4 Å². The summed E-state index contributed by atoms with van der Waals surface area (Å²) in [6.07, 6.45) is 4.56. The summed E-state index contributed by atoms with van der Waals surface area (Å²) in [6, 6.07) is 8.27. The van der Waals surface area contributed by atoms with Crippen molar-refractivity contribution < 1.29 is 4.79 Å². The Bertz CT molecular complexity index is 639. The van der Waals surface area contributed by atoms with E-state index in [9.17, 15) is 4.79 Å². The molecule has 1 aliphatic rings. The van der Waals surface area contributed by atoms with Crippen molar-refractivity contribution in [1.29, 1.82) is 0 Å². The Hall–Kier alpha value is -2.03. The molecule has 3 nitrogen and oxygen atoms in total. The van der Waals surface area contributed by atoms with E-state index in [-0.39, 0.29) is 11.9 Å². The number of carbonyl (C=O) groups excluding carboxylic acids is 1. The van der Waals surface area contributed by atoms with Crippen LogP contribution in [0.15, 0.2) is 36.4 Å². The van der Waals surface area contributed by atoms with Gasteiger partial charge < -0.3 is 9.88 Å². The Morgan fingerprint density at radius 3 is 2.89 bits per heavy atom. The lowest BCUT2D eigenvalue weighted by Gasteiger charge is -2.28. The minimum atomic E-state index is 0.0265. The number of rotatable bonds is 1. The Labute approximate surface area is 106 Å². The fraction of sp³-hybridized carbons (Fsp3) is 0.267. The van der Waals surface area contributed by atoms with Gasteiger partial charge >= 0.3 is 0 Å². The third-order valence-electron chi connectivity index (χ3n) is 3.72. The predicted octanol–water partition coefficient (Wildman–Crippen LogP) is 2.94. The first-order chi connectivity index (χ1) is 8.68. The molecule has 0 radical (unpaired) electrons. The second kappa shape index (κ2) is 4.02. The number of fused-ring (bicyclic) bond motifs is 1. The number of benzene rings is 1. The van der Waals surface area contributed by atoms with Crippen molar-refractivity contribution >= 4 is 16.8 Å². The first-order valence-corrected chi connectivity index (χ1v) is 6.18. The number of nitrogens with one attached hydrogen (secondary N) is 1. The highest BCUT2D eigenvalue weighted by molar-refractivity contribution is 5.85. The van der Waals surface area contributed by atoms with Crippen LogP contribution in [-0.2, 0) is 4.79 Å². The molecule has 1 atom stereocenters. The molecule has 1 aromatic heterocycles. The maximum absolute atomic E-state index is 11.8. The van der Waals surface area contributed by atoms with Gasteiger partial charge in [-0.25, -0.2) is 0 Å². The molecule has 2 aromatic rings. The van der Waals surface area contributed by atoms with Gasteiger partial charge in [0.25, 0.3) is 0 Å². The average Bonchev–Trinajstić information content (AvgIpc) is 2.71. The number of nitrogens with zero attached hydrogens (tertiary/aromatic N) is 1. The molecule has 3 rings (SSSR count). The van der Waals surface area contributed by atoms with Crippen LogP contribution in [0.4, 0.5) is 0 Å². The number of hydrogen-bond acceptors (Lipinski definition) is 1. The van der Waals surface area contributed by atoms with Crippen LogP contribution in [-0.4, -0.2) is 22.8 Å². The van der Waals surface area contributed by atoms with Crippen molar-refractivity contribution in [1.82, 2.24) is 9.88 Å². The van der Waals surface area contributed by atoms with E-state index in [1.165, 1.54) is 10.9 Å². The molecular formula is C15H16N2O. The number of para-hydroxylation sites is 1. The highest BCUT2D eigenvalue weighted by atomic mass is 16.2. The lowest BCUT2D eigenvalue weighted by Crippen LogP contribution is -2.32. The molecule has 3 heteroatoms. The molecule has 0 spiro atoms. The quantitative estimate of drug-likeness (QED) is 0.764. The second-order valence-electron chi connectivity index (χ2n) is 4.79. The Kier molecular flexibility index (Phi) is 2.47. The van der Waals surface area contributed by atoms with E-state index in [1.807, 2.05) is 25.3 Å². The van der Waals surface area contributed by atoms with Crippen molar-refractivity contribution in [3.63, 3.8) is 0 Å². The summed E-state index contributed by atoms with van der Waals surface area (Å²) >= 11 is 0. The maximum Gasteiger partial charge on any atom is 0.226 e. The Morgan fingerprint density at radius 1 is 1.33 bits per heavy atom. The fourth-order valence-corrected chi connectivity index (χ4v) is 2.61. The van der Waals surface area contributed by atoms with Crippen LogP contribution in [0.3, 0.4) is 0 Å². The number of likely N-dealkylation sites (N-methyl/N-ethyl adjacent to an activating group) is 1. The molecule has 92 valence electrons. The summed E-state index contributed by atoms with van der Waals surface area (Å²) in [5.41, 5.74) is 3.47. The highest BCUT2D eigenvalue weighted by Crippen LogP contribution is 2.31. The zero-order chi connectivity index (χ0) is 12.7. The minimum absolute atomic E-state index is 0.0265. The third kappa shape index (κ3) is 1.55. The maximum atomic E-state index is 11.8. The van der Waals surface area contributed by atoms with Crippen LogP contribution in [0.1, 0.15) is 23.7 Å². The average molecular weight is 240 g/mol. The minimum Gasteiger partial charge on any atom is -0.356 e. The van der Waals surface area contributed by atoms with Gasteiger partial charge in [0.15, 0.2) is 0 Å². The molecular weight excluding hydrogens is 224 g/mol. The third-order valence-corrected chi connectivity index (χ3v) is 3.72. The summed E-state index contributed by atoms with van der Waals surface area (Å²) in [6.45, 7) is 2.11. The smallest absolute Gasteiger partial charge is 0.226 e. The first-order valence-electron chi connectivity index (χ1n) is 6.18. The normalized spacial score (nSPS) is 19.8. The van der Waals surface area contributed by atoms with Gasteiger partial charge in [-0.15, -0.1) is 0 Å². The standard InChI is InChI=1S/C15H16N2O/c1-10-11-6-3-4-7-12(11)16-15(10)13-8-5-9-14(18)17(13)2/h3-8,13,16H,9H2,1-2H3. The molecule has 1 unspecified atom stereocenters. The van der Waals surface area contributed by atoms with Gasteiger partial charge in [0, 0.05) is 30.1 Å². The number of carbonyl (C=O) groups is 1. The highest BCUT2D eigenvalue weighted by Gasteiger charge is 2.25. The van der Waals surface area contributed by atoms with Crippen LogP contribution in [0, 0.1) is 6.92 Å². The van der Waals surface area contributed by atoms with Crippen LogP contribution in [0.5, 0.6) is 0 Å². The molecule has 0 bridgehead atoms. The van der Waals surface area contributed by atoms with Crippen molar-refractivity contribution in [2.45, 2.75) is 19.4 Å². The van der Waals surface area contributed by atoms with Gasteiger partial charge in [-0.2, -0.15) is 0 Å². The molecule has 1 aromatic carbocycles. The van der Waals surface area contributed by atoms with Gasteiger partial charge in [0.1, 0.15) is 0 Å². The van der Waals surface area contributed by atoms with E-state index in [0.717, 1.165) is 11.2 Å². The van der Waals surface area contributed by atoms with Crippen molar-refractivity contribution in [3.05, 3.63) is 47.7 Å². The predicted molar refractivity (Wildman–Crippen MR) is 72.3 cm³/mol. The summed E-state index contributed by atoms with van der Waals surface area (Å²) in [4.78, 5) is 17.0. The Morgan fingerprint density at radius 2 is 2.11 bits per heavy atom. The number of aromatic nitrogens is 1. The molecule has 18 heavy (non-hydrogen) atoms. The van der Waals surface area contributed by atoms with Gasteiger partial charge in [0.05, 0.1) is 6.04 Å².